The zero-order chi connectivity index (χ0) is 23.5. The van der Waals surface area contributed by atoms with Crippen molar-refractivity contribution in [1.82, 2.24) is 14.8 Å². The number of aromatic amines is 1. The van der Waals surface area contributed by atoms with Crippen LogP contribution in [0.4, 0.5) is 11.5 Å². The van der Waals surface area contributed by atoms with Gasteiger partial charge in [0.1, 0.15) is 11.5 Å². The lowest BCUT2D eigenvalue weighted by molar-refractivity contribution is 0.0946. The number of hydrogen-bond acceptors (Lipinski definition) is 7. The van der Waals surface area contributed by atoms with Gasteiger partial charge in [0, 0.05) is 35.9 Å². The Balaban J connectivity index is 1.53. The molecular formula is C24H22ClN5O3S. The van der Waals surface area contributed by atoms with Crippen molar-refractivity contribution in [3.8, 4) is 11.3 Å². The largest absolute Gasteiger partial charge is 0.378 e. The van der Waals surface area contributed by atoms with Gasteiger partial charge < -0.3 is 19.9 Å². The van der Waals surface area contributed by atoms with Gasteiger partial charge >= 0.3 is 0 Å². The maximum atomic E-state index is 13.8. The normalized spacial score (nSPS) is 13.7. The minimum absolute atomic E-state index is 0.273. The van der Waals surface area contributed by atoms with Crippen molar-refractivity contribution in [3.05, 3.63) is 85.9 Å². The molecule has 0 unspecified atom stereocenters. The minimum atomic E-state index is -0.285. The van der Waals surface area contributed by atoms with Crippen molar-refractivity contribution in [2.75, 3.05) is 36.5 Å². The standard InChI is InChI=1S/C24H22ClN5O3S/c25-21-8-7-16(34-21)15-27-22-14-19(17-5-3-9-26-23(17)31)28-30(22)24(32)18-4-1-2-6-20(18)29-10-12-33-13-11-29/h1-9,14,27H,10-13,15H2,(H,26,31). The number of benzene rings is 1. The van der Waals surface area contributed by atoms with E-state index >= 15 is 0 Å². The number of H-pyrrole nitrogens is 1. The second-order valence-corrected chi connectivity index (χ2v) is 9.52. The van der Waals surface area contributed by atoms with E-state index in [-0.39, 0.29) is 11.5 Å². The molecule has 1 aliphatic rings. The minimum Gasteiger partial charge on any atom is -0.378 e. The van der Waals surface area contributed by atoms with Crippen LogP contribution < -0.4 is 15.8 Å². The smallest absolute Gasteiger partial charge is 0.282 e. The molecular weight excluding hydrogens is 474 g/mol. The van der Waals surface area contributed by atoms with Crippen LogP contribution in [0.3, 0.4) is 0 Å². The Labute approximate surface area is 204 Å². The van der Waals surface area contributed by atoms with E-state index in [1.807, 2.05) is 30.3 Å². The molecule has 10 heteroatoms. The van der Waals surface area contributed by atoms with Crippen molar-refractivity contribution >= 4 is 40.4 Å². The van der Waals surface area contributed by atoms with Gasteiger partial charge in [-0.05, 0) is 36.4 Å². The lowest BCUT2D eigenvalue weighted by Gasteiger charge is -2.30. The third kappa shape index (κ3) is 4.63. The number of nitrogens with zero attached hydrogens (tertiary/aromatic N) is 3. The monoisotopic (exact) mass is 495 g/mol. The summed E-state index contributed by atoms with van der Waals surface area (Å²) in [7, 11) is 0. The number of hydrogen-bond donors (Lipinski definition) is 2. The van der Waals surface area contributed by atoms with Crippen LogP contribution in [0.5, 0.6) is 0 Å². The van der Waals surface area contributed by atoms with Crippen LogP contribution in [0.1, 0.15) is 15.2 Å². The summed E-state index contributed by atoms with van der Waals surface area (Å²) in [5, 5.41) is 7.83. The quantitative estimate of drug-likeness (QED) is 0.418. The van der Waals surface area contributed by atoms with E-state index in [1.165, 1.54) is 16.0 Å². The van der Waals surface area contributed by atoms with Crippen LogP contribution in [-0.2, 0) is 11.3 Å². The predicted octanol–water partition coefficient (Wildman–Crippen LogP) is 4.09. The summed E-state index contributed by atoms with van der Waals surface area (Å²) in [6, 6.07) is 16.4. The fourth-order valence-electron chi connectivity index (χ4n) is 3.89. The third-order valence-corrected chi connectivity index (χ3v) is 6.79. The fraction of sp³-hybridized carbons (Fsp3) is 0.208. The number of thiophene rings is 1. The number of para-hydroxylation sites is 1. The number of anilines is 2. The first kappa shape index (κ1) is 22.4. The molecule has 34 heavy (non-hydrogen) atoms. The van der Waals surface area contributed by atoms with E-state index in [2.05, 4.69) is 20.3 Å². The Morgan fingerprint density at radius 2 is 1.97 bits per heavy atom. The molecule has 2 N–H and O–H groups in total. The molecule has 1 aliphatic heterocycles. The van der Waals surface area contributed by atoms with E-state index in [1.54, 1.807) is 30.5 Å². The van der Waals surface area contributed by atoms with Crippen LogP contribution in [0.2, 0.25) is 4.34 Å². The molecule has 1 aromatic carbocycles. The van der Waals surface area contributed by atoms with Crippen LogP contribution in [0.15, 0.2) is 65.6 Å². The summed E-state index contributed by atoms with van der Waals surface area (Å²) in [6.07, 6.45) is 1.56. The molecule has 1 saturated heterocycles. The van der Waals surface area contributed by atoms with Gasteiger partial charge in [0.25, 0.3) is 11.5 Å². The van der Waals surface area contributed by atoms with Gasteiger partial charge in [-0.2, -0.15) is 9.78 Å². The summed E-state index contributed by atoms with van der Waals surface area (Å²) in [6.45, 7) is 3.10. The second-order valence-electron chi connectivity index (χ2n) is 7.72. The number of carbonyl (C=O) groups is 1. The first-order chi connectivity index (χ1) is 16.6. The number of halogens is 1. The van der Waals surface area contributed by atoms with E-state index < -0.39 is 0 Å². The fourth-order valence-corrected chi connectivity index (χ4v) is 4.92. The molecule has 1 fully saturated rings. The van der Waals surface area contributed by atoms with Crippen LogP contribution in [0.25, 0.3) is 11.3 Å². The van der Waals surface area contributed by atoms with Crippen molar-refractivity contribution in [3.63, 3.8) is 0 Å². The molecule has 0 bridgehead atoms. The van der Waals surface area contributed by atoms with Crippen LogP contribution in [-0.4, -0.2) is 47.0 Å². The van der Waals surface area contributed by atoms with Gasteiger partial charge in [-0.3, -0.25) is 9.59 Å². The number of nitrogens with one attached hydrogen (secondary N) is 2. The van der Waals surface area contributed by atoms with Crippen molar-refractivity contribution in [1.29, 1.82) is 0 Å². The highest BCUT2D eigenvalue weighted by atomic mass is 35.5. The lowest BCUT2D eigenvalue weighted by atomic mass is 10.1. The lowest BCUT2D eigenvalue weighted by Crippen LogP contribution is -2.37. The molecule has 3 aromatic heterocycles. The Morgan fingerprint density at radius 1 is 1.15 bits per heavy atom. The van der Waals surface area contributed by atoms with Gasteiger partial charge in [-0.15, -0.1) is 11.3 Å². The Hall–Kier alpha value is -3.40. The molecule has 174 valence electrons. The summed E-state index contributed by atoms with van der Waals surface area (Å²) in [4.78, 5) is 32.0. The molecule has 8 nitrogen and oxygen atoms in total. The second kappa shape index (κ2) is 9.84. The average molecular weight is 496 g/mol. The number of carbonyl (C=O) groups excluding carboxylic acids is 1. The zero-order valence-electron chi connectivity index (χ0n) is 18.2. The van der Waals surface area contributed by atoms with Gasteiger partial charge in [0.05, 0.1) is 35.2 Å². The molecule has 5 rings (SSSR count). The van der Waals surface area contributed by atoms with Gasteiger partial charge in [-0.25, -0.2) is 0 Å². The number of aromatic nitrogens is 3. The predicted molar refractivity (Wildman–Crippen MR) is 134 cm³/mol. The van der Waals surface area contributed by atoms with Crippen molar-refractivity contribution < 1.29 is 9.53 Å². The zero-order valence-corrected chi connectivity index (χ0v) is 19.7. The van der Waals surface area contributed by atoms with Crippen molar-refractivity contribution in [2.45, 2.75) is 6.54 Å². The maximum Gasteiger partial charge on any atom is 0.282 e. The number of rotatable bonds is 6. The van der Waals surface area contributed by atoms with E-state index in [9.17, 15) is 9.59 Å². The molecule has 0 atom stereocenters. The number of pyridine rings is 1. The Bertz CT molecular complexity index is 1370. The molecule has 0 saturated carbocycles. The van der Waals surface area contributed by atoms with E-state index in [0.29, 0.717) is 59.8 Å². The van der Waals surface area contributed by atoms with E-state index in [4.69, 9.17) is 16.3 Å². The Morgan fingerprint density at radius 3 is 2.74 bits per heavy atom. The summed E-state index contributed by atoms with van der Waals surface area (Å²) in [5.74, 6) is 0.206. The van der Waals surface area contributed by atoms with Gasteiger partial charge in [0.2, 0.25) is 0 Å². The highest BCUT2D eigenvalue weighted by Gasteiger charge is 2.23. The molecule has 4 aromatic rings. The number of morpholine rings is 1. The summed E-state index contributed by atoms with van der Waals surface area (Å²) < 4.78 is 7.49. The highest BCUT2D eigenvalue weighted by Crippen LogP contribution is 2.27. The summed E-state index contributed by atoms with van der Waals surface area (Å²) >= 11 is 7.52. The Kier molecular flexibility index (Phi) is 6.48. The molecule has 0 spiro atoms. The third-order valence-electron chi connectivity index (χ3n) is 5.55. The van der Waals surface area contributed by atoms with Gasteiger partial charge in [-0.1, -0.05) is 23.7 Å². The van der Waals surface area contributed by atoms with Crippen LogP contribution in [0, 0.1) is 0 Å². The van der Waals surface area contributed by atoms with Gasteiger partial charge in [0.15, 0.2) is 0 Å². The van der Waals surface area contributed by atoms with Crippen molar-refractivity contribution in [2.24, 2.45) is 0 Å². The molecule has 4 heterocycles. The van der Waals surface area contributed by atoms with E-state index in [0.717, 1.165) is 10.6 Å². The molecule has 0 amide bonds. The average Bonchev–Trinajstić information content (AvgIpc) is 3.49. The topological polar surface area (TPSA) is 92.2 Å². The highest BCUT2D eigenvalue weighted by molar-refractivity contribution is 7.16. The molecule has 0 radical (unpaired) electrons. The SMILES string of the molecule is O=C(c1ccccc1N1CCOCC1)n1nc(-c2ccc[nH]c2=O)cc1NCc1ccc(Cl)s1. The first-order valence-electron chi connectivity index (χ1n) is 10.8. The van der Waals surface area contributed by atoms with Crippen LogP contribution >= 0.6 is 22.9 Å². The first-order valence-corrected chi connectivity index (χ1v) is 12.0. The summed E-state index contributed by atoms with van der Waals surface area (Å²) in [5.41, 5.74) is 1.89. The maximum absolute atomic E-state index is 13.8. The number of ether oxygens (including phenoxy) is 1. The molecule has 0 aliphatic carbocycles.